The van der Waals surface area contributed by atoms with Crippen LogP contribution in [0.4, 0.5) is 0 Å². The van der Waals surface area contributed by atoms with E-state index in [2.05, 4.69) is 17.3 Å². The van der Waals surface area contributed by atoms with Crippen LogP contribution in [0.5, 0.6) is 0 Å². The Morgan fingerprint density at radius 3 is 2.58 bits per heavy atom. The van der Waals surface area contributed by atoms with Crippen molar-refractivity contribution in [3.63, 3.8) is 0 Å². The van der Waals surface area contributed by atoms with Gasteiger partial charge in [0.15, 0.2) is 0 Å². The number of likely N-dealkylation sites (tertiary alicyclic amines) is 1. The highest BCUT2D eigenvalue weighted by Crippen LogP contribution is 2.16. The minimum Gasteiger partial charge on any atom is -0.481 e. The summed E-state index contributed by atoms with van der Waals surface area (Å²) in [7, 11) is 2.13. The first kappa shape index (κ1) is 14.0. The number of benzene rings is 1. The second kappa shape index (κ2) is 6.68. The van der Waals surface area contributed by atoms with Crippen LogP contribution in [0.2, 0.25) is 0 Å². The molecule has 1 aliphatic rings. The smallest absolute Gasteiger partial charge is 0.312 e. The van der Waals surface area contributed by atoms with E-state index in [4.69, 9.17) is 0 Å². The lowest BCUT2D eigenvalue weighted by Crippen LogP contribution is -2.42. The molecule has 0 bridgehead atoms. The van der Waals surface area contributed by atoms with Gasteiger partial charge < -0.3 is 15.3 Å². The molecule has 0 saturated carbocycles. The molecule has 4 nitrogen and oxygen atoms in total. The molecule has 104 valence electrons. The molecule has 1 aliphatic heterocycles. The quantitative estimate of drug-likeness (QED) is 0.845. The fourth-order valence-corrected chi connectivity index (χ4v) is 2.53. The molecule has 0 aliphatic carbocycles. The van der Waals surface area contributed by atoms with Gasteiger partial charge in [0.25, 0.3) is 0 Å². The van der Waals surface area contributed by atoms with Crippen molar-refractivity contribution in [3.05, 3.63) is 35.9 Å². The summed E-state index contributed by atoms with van der Waals surface area (Å²) >= 11 is 0. The Kier molecular flexibility index (Phi) is 4.93. The Labute approximate surface area is 114 Å². The summed E-state index contributed by atoms with van der Waals surface area (Å²) in [5, 5.41) is 12.8. The molecule has 19 heavy (non-hydrogen) atoms. The van der Waals surface area contributed by atoms with E-state index in [0.29, 0.717) is 12.6 Å². The number of nitrogens with one attached hydrogen (secondary N) is 1. The number of nitrogens with zero attached hydrogens (tertiary/aromatic N) is 1. The first-order valence-corrected chi connectivity index (χ1v) is 6.86. The molecule has 0 spiro atoms. The van der Waals surface area contributed by atoms with Crippen molar-refractivity contribution < 1.29 is 9.90 Å². The Balaban J connectivity index is 1.90. The van der Waals surface area contributed by atoms with Gasteiger partial charge in [-0.15, -0.1) is 0 Å². The Bertz CT molecular complexity index is 400. The first-order valence-electron chi connectivity index (χ1n) is 6.86. The van der Waals surface area contributed by atoms with E-state index in [-0.39, 0.29) is 0 Å². The first-order chi connectivity index (χ1) is 9.16. The molecule has 1 unspecified atom stereocenters. The number of piperidine rings is 1. The lowest BCUT2D eigenvalue weighted by Gasteiger charge is -2.30. The molecule has 4 heteroatoms. The average molecular weight is 262 g/mol. The number of rotatable bonds is 5. The van der Waals surface area contributed by atoms with Crippen LogP contribution in [0.25, 0.3) is 0 Å². The van der Waals surface area contributed by atoms with Crippen molar-refractivity contribution in [2.45, 2.75) is 24.8 Å². The second-order valence-electron chi connectivity index (χ2n) is 5.29. The van der Waals surface area contributed by atoms with Crippen LogP contribution in [-0.2, 0) is 4.79 Å². The molecule has 2 N–H and O–H groups in total. The van der Waals surface area contributed by atoms with Gasteiger partial charge >= 0.3 is 5.97 Å². The van der Waals surface area contributed by atoms with Crippen LogP contribution < -0.4 is 5.32 Å². The predicted molar refractivity (Wildman–Crippen MR) is 75.3 cm³/mol. The molecule has 1 saturated heterocycles. The van der Waals surface area contributed by atoms with E-state index in [1.165, 1.54) is 0 Å². The Morgan fingerprint density at radius 2 is 2.00 bits per heavy atom. The number of aliphatic carboxylic acids is 1. The standard InChI is InChI=1S/C15H22N2O2/c1-17-9-7-13(8-10-17)16-11-14(15(18)19)12-5-3-2-4-6-12/h2-6,13-14,16H,7-11H2,1H3,(H,18,19). The molecular weight excluding hydrogens is 240 g/mol. The van der Waals surface area contributed by atoms with Gasteiger partial charge in [0.1, 0.15) is 0 Å². The van der Waals surface area contributed by atoms with Crippen molar-refractivity contribution in [1.29, 1.82) is 0 Å². The highest BCUT2D eigenvalue weighted by Gasteiger charge is 2.22. The monoisotopic (exact) mass is 262 g/mol. The van der Waals surface area contributed by atoms with Gasteiger partial charge in [-0.3, -0.25) is 4.79 Å². The number of carboxylic acid groups (broad SMARTS) is 1. The molecule has 0 amide bonds. The van der Waals surface area contributed by atoms with E-state index in [9.17, 15) is 9.90 Å². The molecule has 1 aromatic carbocycles. The summed E-state index contributed by atoms with van der Waals surface area (Å²) in [6.07, 6.45) is 2.19. The largest absolute Gasteiger partial charge is 0.481 e. The van der Waals surface area contributed by atoms with Gasteiger partial charge in [0, 0.05) is 12.6 Å². The third kappa shape index (κ3) is 4.04. The number of hydrogen-bond donors (Lipinski definition) is 2. The zero-order chi connectivity index (χ0) is 13.7. The summed E-state index contributed by atoms with van der Waals surface area (Å²) in [6.45, 7) is 2.68. The minimum atomic E-state index is -0.758. The maximum absolute atomic E-state index is 11.4. The van der Waals surface area contributed by atoms with Gasteiger partial charge in [-0.1, -0.05) is 30.3 Å². The molecular formula is C15H22N2O2. The highest BCUT2D eigenvalue weighted by atomic mass is 16.4. The van der Waals surface area contributed by atoms with Crippen molar-refractivity contribution in [3.8, 4) is 0 Å². The fraction of sp³-hybridized carbons (Fsp3) is 0.533. The van der Waals surface area contributed by atoms with Crippen LogP contribution in [0.15, 0.2) is 30.3 Å². The van der Waals surface area contributed by atoms with Crippen LogP contribution >= 0.6 is 0 Å². The van der Waals surface area contributed by atoms with Crippen molar-refractivity contribution >= 4 is 5.97 Å². The van der Waals surface area contributed by atoms with Gasteiger partial charge in [-0.25, -0.2) is 0 Å². The summed E-state index contributed by atoms with van der Waals surface area (Å²) in [5.74, 6) is -1.22. The third-order valence-corrected chi connectivity index (χ3v) is 3.83. The van der Waals surface area contributed by atoms with Crippen LogP contribution in [0.3, 0.4) is 0 Å². The summed E-state index contributed by atoms with van der Waals surface area (Å²) in [4.78, 5) is 13.7. The molecule has 1 fully saturated rings. The molecule has 1 heterocycles. The maximum atomic E-state index is 11.4. The highest BCUT2D eigenvalue weighted by molar-refractivity contribution is 5.76. The normalized spacial score (nSPS) is 19.2. The van der Waals surface area contributed by atoms with Crippen molar-refractivity contribution in [2.75, 3.05) is 26.7 Å². The number of carbonyl (C=O) groups is 1. The SMILES string of the molecule is CN1CCC(NCC(C(=O)O)c2ccccc2)CC1. The fourth-order valence-electron chi connectivity index (χ4n) is 2.53. The number of carboxylic acids is 1. The molecule has 1 aromatic rings. The Hall–Kier alpha value is -1.39. The van der Waals surface area contributed by atoms with Crippen LogP contribution in [0.1, 0.15) is 24.3 Å². The minimum absolute atomic E-state index is 0.446. The summed E-state index contributed by atoms with van der Waals surface area (Å²) in [6, 6.07) is 9.90. The molecule has 0 aromatic heterocycles. The summed E-state index contributed by atoms with van der Waals surface area (Å²) in [5.41, 5.74) is 0.871. The van der Waals surface area contributed by atoms with Gasteiger partial charge in [0.2, 0.25) is 0 Å². The zero-order valence-electron chi connectivity index (χ0n) is 11.4. The second-order valence-corrected chi connectivity index (χ2v) is 5.29. The molecule has 2 rings (SSSR count). The summed E-state index contributed by atoms with van der Waals surface area (Å²) < 4.78 is 0. The number of hydrogen-bond acceptors (Lipinski definition) is 3. The topological polar surface area (TPSA) is 52.6 Å². The van der Waals surface area contributed by atoms with Crippen LogP contribution in [-0.4, -0.2) is 48.7 Å². The maximum Gasteiger partial charge on any atom is 0.312 e. The predicted octanol–water partition coefficient (Wildman–Crippen LogP) is 1.54. The molecule has 0 radical (unpaired) electrons. The van der Waals surface area contributed by atoms with E-state index in [1.54, 1.807) is 0 Å². The van der Waals surface area contributed by atoms with Crippen molar-refractivity contribution in [1.82, 2.24) is 10.2 Å². The lowest BCUT2D eigenvalue weighted by molar-refractivity contribution is -0.138. The van der Waals surface area contributed by atoms with Gasteiger partial charge in [0.05, 0.1) is 5.92 Å². The van der Waals surface area contributed by atoms with Crippen LogP contribution in [0, 0.1) is 0 Å². The van der Waals surface area contributed by atoms with E-state index < -0.39 is 11.9 Å². The Morgan fingerprint density at radius 1 is 1.37 bits per heavy atom. The van der Waals surface area contributed by atoms with Gasteiger partial charge in [-0.05, 0) is 38.5 Å². The van der Waals surface area contributed by atoms with E-state index in [0.717, 1.165) is 31.5 Å². The lowest BCUT2D eigenvalue weighted by atomic mass is 9.98. The molecule has 1 atom stereocenters. The van der Waals surface area contributed by atoms with Crippen molar-refractivity contribution in [2.24, 2.45) is 0 Å². The average Bonchev–Trinajstić information content (AvgIpc) is 2.42. The zero-order valence-corrected chi connectivity index (χ0v) is 11.4. The third-order valence-electron chi connectivity index (χ3n) is 3.83. The van der Waals surface area contributed by atoms with E-state index in [1.807, 2.05) is 30.3 Å². The van der Waals surface area contributed by atoms with Gasteiger partial charge in [-0.2, -0.15) is 0 Å². The van der Waals surface area contributed by atoms with E-state index >= 15 is 0 Å².